The van der Waals surface area contributed by atoms with Crippen LogP contribution in [0.15, 0.2) is 28.8 Å². The topological polar surface area (TPSA) is 60.2 Å². The molecule has 1 saturated heterocycles. The summed E-state index contributed by atoms with van der Waals surface area (Å²) < 4.78 is 10.6. The molecule has 1 fully saturated rings. The molecule has 0 saturated carbocycles. The van der Waals surface area contributed by atoms with Crippen LogP contribution in [0, 0.1) is 0 Å². The maximum Gasteiger partial charge on any atom is 0.257 e. The maximum absolute atomic E-state index is 5.83. The minimum atomic E-state index is 0.00329. The van der Waals surface area contributed by atoms with Crippen molar-refractivity contribution in [3.63, 3.8) is 0 Å². The lowest BCUT2D eigenvalue weighted by Crippen LogP contribution is -2.35. The summed E-state index contributed by atoms with van der Waals surface area (Å²) >= 11 is 5.83. The molecule has 1 aromatic heterocycles. The first-order valence-electron chi connectivity index (χ1n) is 5.73. The molecule has 1 atom stereocenters. The fourth-order valence-corrected chi connectivity index (χ4v) is 1.94. The number of nitrogens with one attached hydrogen (secondary N) is 1. The van der Waals surface area contributed by atoms with Gasteiger partial charge in [-0.25, -0.2) is 0 Å². The van der Waals surface area contributed by atoms with Crippen molar-refractivity contribution >= 4 is 11.6 Å². The Kier molecular flexibility index (Phi) is 3.27. The number of aromatic nitrogens is 2. The van der Waals surface area contributed by atoms with Gasteiger partial charge in [0, 0.05) is 17.1 Å². The summed E-state index contributed by atoms with van der Waals surface area (Å²) in [4.78, 5) is 4.37. The average Bonchev–Trinajstić information content (AvgIpc) is 2.90. The van der Waals surface area contributed by atoms with Gasteiger partial charge >= 0.3 is 0 Å². The Balaban J connectivity index is 1.82. The normalized spacial score (nSPS) is 19.9. The summed E-state index contributed by atoms with van der Waals surface area (Å²) in [5, 5.41) is 7.94. The Morgan fingerprint density at radius 1 is 1.28 bits per heavy atom. The Hall–Kier alpha value is -1.43. The molecule has 0 spiro atoms. The molecule has 94 valence electrons. The van der Waals surface area contributed by atoms with Gasteiger partial charge in [0.2, 0.25) is 0 Å². The zero-order chi connectivity index (χ0) is 12.4. The van der Waals surface area contributed by atoms with Crippen LogP contribution in [-0.2, 0) is 4.74 Å². The molecule has 2 heterocycles. The lowest BCUT2D eigenvalue weighted by molar-refractivity contribution is 0.0734. The van der Waals surface area contributed by atoms with Crippen molar-refractivity contribution in [3.05, 3.63) is 35.1 Å². The van der Waals surface area contributed by atoms with E-state index in [1.54, 1.807) is 12.1 Å². The molecule has 1 aliphatic rings. The number of hydrogen-bond donors (Lipinski definition) is 1. The van der Waals surface area contributed by atoms with Crippen molar-refractivity contribution in [1.82, 2.24) is 15.5 Å². The molecule has 2 aromatic rings. The van der Waals surface area contributed by atoms with Gasteiger partial charge < -0.3 is 14.6 Å². The van der Waals surface area contributed by atoms with Crippen LogP contribution in [0.3, 0.4) is 0 Å². The largest absolute Gasteiger partial charge is 0.378 e. The Bertz CT molecular complexity index is 520. The van der Waals surface area contributed by atoms with Crippen LogP contribution in [0.5, 0.6) is 0 Å². The lowest BCUT2D eigenvalue weighted by Gasteiger charge is -2.20. The summed E-state index contributed by atoms with van der Waals surface area (Å²) in [5.41, 5.74) is 0.856. The van der Waals surface area contributed by atoms with E-state index >= 15 is 0 Å². The predicted octanol–water partition coefficient (Wildman–Crippen LogP) is 2.05. The fraction of sp³-hybridized carbons (Fsp3) is 0.333. The van der Waals surface area contributed by atoms with E-state index in [-0.39, 0.29) is 6.04 Å². The second kappa shape index (κ2) is 5.06. The molecule has 0 aliphatic carbocycles. The van der Waals surface area contributed by atoms with Crippen molar-refractivity contribution in [1.29, 1.82) is 0 Å². The lowest BCUT2D eigenvalue weighted by atomic mass is 10.2. The van der Waals surface area contributed by atoms with Gasteiger partial charge in [0.25, 0.3) is 5.89 Å². The van der Waals surface area contributed by atoms with Gasteiger partial charge in [0.1, 0.15) is 0 Å². The number of ether oxygens (including phenoxy) is 1. The van der Waals surface area contributed by atoms with Crippen LogP contribution in [-0.4, -0.2) is 29.9 Å². The molecule has 6 heteroatoms. The monoisotopic (exact) mass is 265 g/mol. The van der Waals surface area contributed by atoms with Crippen molar-refractivity contribution in [2.24, 2.45) is 0 Å². The Morgan fingerprint density at radius 2 is 2.11 bits per heavy atom. The number of benzene rings is 1. The van der Waals surface area contributed by atoms with Gasteiger partial charge in [-0.3, -0.25) is 0 Å². The van der Waals surface area contributed by atoms with Crippen molar-refractivity contribution < 1.29 is 9.26 Å². The molecule has 0 amide bonds. The minimum Gasteiger partial charge on any atom is -0.378 e. The average molecular weight is 266 g/mol. The first-order chi connectivity index (χ1) is 8.83. The van der Waals surface area contributed by atoms with Gasteiger partial charge in [-0.2, -0.15) is 4.98 Å². The molecule has 1 N–H and O–H groups in total. The van der Waals surface area contributed by atoms with Crippen LogP contribution in [0.2, 0.25) is 5.02 Å². The van der Waals surface area contributed by atoms with Gasteiger partial charge in [-0.1, -0.05) is 16.8 Å². The highest BCUT2D eigenvalue weighted by atomic mass is 35.5. The predicted molar refractivity (Wildman–Crippen MR) is 66.3 cm³/mol. The Morgan fingerprint density at radius 3 is 2.83 bits per heavy atom. The summed E-state index contributed by atoms with van der Waals surface area (Å²) in [5.74, 6) is 1.12. The van der Waals surface area contributed by atoms with Crippen LogP contribution in [0.25, 0.3) is 11.5 Å². The molecular weight excluding hydrogens is 254 g/mol. The molecule has 1 unspecified atom stereocenters. The number of nitrogens with zero attached hydrogens (tertiary/aromatic N) is 2. The van der Waals surface area contributed by atoms with Crippen molar-refractivity contribution in [2.45, 2.75) is 6.04 Å². The molecule has 0 radical (unpaired) electrons. The van der Waals surface area contributed by atoms with E-state index in [4.69, 9.17) is 20.9 Å². The van der Waals surface area contributed by atoms with Crippen LogP contribution in [0.1, 0.15) is 11.9 Å². The molecule has 0 bridgehead atoms. The molecule has 18 heavy (non-hydrogen) atoms. The zero-order valence-electron chi connectivity index (χ0n) is 9.60. The van der Waals surface area contributed by atoms with Crippen LogP contribution in [0.4, 0.5) is 0 Å². The SMILES string of the molecule is Clc1ccc(-c2nc(C3COCCN3)no2)cc1. The van der Waals surface area contributed by atoms with E-state index in [2.05, 4.69) is 15.5 Å². The summed E-state index contributed by atoms with van der Waals surface area (Å²) in [6, 6.07) is 7.30. The number of hydrogen-bond acceptors (Lipinski definition) is 5. The van der Waals surface area contributed by atoms with E-state index in [1.165, 1.54) is 0 Å². The van der Waals surface area contributed by atoms with Gasteiger partial charge in [-0.15, -0.1) is 0 Å². The van der Waals surface area contributed by atoms with E-state index in [9.17, 15) is 0 Å². The molecule has 1 aliphatic heterocycles. The molecule has 1 aromatic carbocycles. The van der Waals surface area contributed by atoms with E-state index in [0.717, 1.165) is 18.7 Å². The standard InChI is InChI=1S/C12H12ClN3O2/c13-9-3-1-8(2-4-9)12-15-11(16-18-12)10-7-17-6-5-14-10/h1-4,10,14H,5-7H2. The highest BCUT2D eigenvalue weighted by Gasteiger charge is 2.21. The third-order valence-electron chi connectivity index (χ3n) is 2.77. The number of morpholine rings is 1. The zero-order valence-corrected chi connectivity index (χ0v) is 10.4. The van der Waals surface area contributed by atoms with E-state index in [0.29, 0.717) is 23.3 Å². The summed E-state index contributed by atoms with van der Waals surface area (Å²) in [6.45, 7) is 2.09. The Labute approximate surface area is 109 Å². The van der Waals surface area contributed by atoms with E-state index < -0.39 is 0 Å². The van der Waals surface area contributed by atoms with Crippen molar-refractivity contribution in [3.8, 4) is 11.5 Å². The second-order valence-electron chi connectivity index (χ2n) is 4.05. The second-order valence-corrected chi connectivity index (χ2v) is 4.48. The van der Waals surface area contributed by atoms with Gasteiger partial charge in [0.05, 0.1) is 19.3 Å². The van der Waals surface area contributed by atoms with Crippen LogP contribution >= 0.6 is 11.6 Å². The molecule has 5 nitrogen and oxygen atoms in total. The first kappa shape index (κ1) is 11.6. The number of halogens is 1. The third-order valence-corrected chi connectivity index (χ3v) is 3.02. The molecular formula is C12H12ClN3O2. The fourth-order valence-electron chi connectivity index (χ4n) is 1.82. The first-order valence-corrected chi connectivity index (χ1v) is 6.11. The minimum absolute atomic E-state index is 0.00329. The number of rotatable bonds is 2. The third kappa shape index (κ3) is 2.38. The molecule has 3 rings (SSSR count). The van der Waals surface area contributed by atoms with Crippen LogP contribution < -0.4 is 5.32 Å². The maximum atomic E-state index is 5.83. The van der Waals surface area contributed by atoms with E-state index in [1.807, 2.05) is 12.1 Å². The quantitative estimate of drug-likeness (QED) is 0.901. The highest BCUT2D eigenvalue weighted by Crippen LogP contribution is 2.21. The summed E-state index contributed by atoms with van der Waals surface area (Å²) in [6.07, 6.45) is 0. The van der Waals surface area contributed by atoms with Crippen molar-refractivity contribution in [2.75, 3.05) is 19.8 Å². The smallest absolute Gasteiger partial charge is 0.257 e. The van der Waals surface area contributed by atoms with Gasteiger partial charge in [-0.05, 0) is 24.3 Å². The summed E-state index contributed by atoms with van der Waals surface area (Å²) in [7, 11) is 0. The highest BCUT2D eigenvalue weighted by molar-refractivity contribution is 6.30. The van der Waals surface area contributed by atoms with Gasteiger partial charge in [0.15, 0.2) is 5.82 Å².